The average molecular weight is 271 g/mol. The summed E-state index contributed by atoms with van der Waals surface area (Å²) in [5.74, 6) is 0.842. The van der Waals surface area contributed by atoms with Crippen LogP contribution in [0.5, 0.6) is 0 Å². The molecule has 110 valence electrons. The summed E-state index contributed by atoms with van der Waals surface area (Å²) < 4.78 is 0. The van der Waals surface area contributed by atoms with Gasteiger partial charge in [-0.15, -0.1) is 0 Å². The maximum atomic E-state index is 3.95. The van der Waals surface area contributed by atoms with Crippen molar-refractivity contribution < 1.29 is 0 Å². The first-order valence-corrected chi connectivity index (χ1v) is 8.55. The Morgan fingerprint density at radius 2 is 1.75 bits per heavy atom. The molecule has 1 aromatic rings. The molecule has 2 saturated carbocycles. The third-order valence-electron chi connectivity index (χ3n) is 5.59. The first kappa shape index (κ1) is 14.1. The van der Waals surface area contributed by atoms with Crippen LogP contribution in [0.1, 0.15) is 69.9 Å². The van der Waals surface area contributed by atoms with Gasteiger partial charge in [0.05, 0.1) is 0 Å². The minimum Gasteiger partial charge on any atom is -0.309 e. The van der Waals surface area contributed by atoms with Crippen LogP contribution in [-0.4, -0.2) is 6.54 Å². The van der Waals surface area contributed by atoms with Crippen molar-refractivity contribution in [1.29, 1.82) is 0 Å². The molecular weight excluding hydrogens is 242 g/mol. The Kier molecular flexibility index (Phi) is 4.45. The monoisotopic (exact) mass is 271 g/mol. The van der Waals surface area contributed by atoms with Gasteiger partial charge in [-0.25, -0.2) is 0 Å². The normalized spacial score (nSPS) is 24.1. The van der Waals surface area contributed by atoms with Crippen LogP contribution in [-0.2, 0) is 0 Å². The van der Waals surface area contributed by atoms with Crippen molar-refractivity contribution in [3.05, 3.63) is 35.9 Å². The summed E-state index contributed by atoms with van der Waals surface area (Å²) in [4.78, 5) is 0. The Balaban J connectivity index is 1.69. The van der Waals surface area contributed by atoms with Crippen LogP contribution in [0, 0.1) is 11.3 Å². The van der Waals surface area contributed by atoms with Gasteiger partial charge >= 0.3 is 0 Å². The minimum absolute atomic E-state index is 0.571. The molecule has 2 aliphatic rings. The van der Waals surface area contributed by atoms with Crippen LogP contribution >= 0.6 is 0 Å². The summed E-state index contributed by atoms with van der Waals surface area (Å²) in [5, 5.41) is 3.95. The Hall–Kier alpha value is -0.820. The largest absolute Gasteiger partial charge is 0.309 e. The van der Waals surface area contributed by atoms with Gasteiger partial charge in [0.2, 0.25) is 0 Å². The molecule has 1 unspecified atom stereocenters. The van der Waals surface area contributed by atoms with E-state index in [1.54, 1.807) is 0 Å². The van der Waals surface area contributed by atoms with E-state index in [1.165, 1.54) is 63.5 Å². The van der Waals surface area contributed by atoms with Gasteiger partial charge in [-0.3, -0.25) is 0 Å². The SMILES string of the molecule is CC1(CNC(c2ccccc2)C2CCCCC2)CCC1. The van der Waals surface area contributed by atoms with Crippen molar-refractivity contribution in [2.75, 3.05) is 6.54 Å². The van der Waals surface area contributed by atoms with Gasteiger partial charge in [0.1, 0.15) is 0 Å². The van der Waals surface area contributed by atoms with E-state index in [0.717, 1.165) is 5.92 Å². The van der Waals surface area contributed by atoms with Gasteiger partial charge in [-0.2, -0.15) is 0 Å². The molecule has 1 atom stereocenters. The highest BCUT2D eigenvalue weighted by Crippen LogP contribution is 2.41. The van der Waals surface area contributed by atoms with E-state index in [-0.39, 0.29) is 0 Å². The average Bonchev–Trinajstić information content (AvgIpc) is 2.48. The number of hydrogen-bond donors (Lipinski definition) is 1. The molecule has 0 aromatic heterocycles. The van der Waals surface area contributed by atoms with E-state index in [2.05, 4.69) is 42.6 Å². The lowest BCUT2D eigenvalue weighted by Gasteiger charge is -2.41. The molecule has 1 nitrogen and oxygen atoms in total. The quantitative estimate of drug-likeness (QED) is 0.786. The fraction of sp³-hybridized carbons (Fsp3) is 0.684. The topological polar surface area (TPSA) is 12.0 Å². The molecule has 20 heavy (non-hydrogen) atoms. The van der Waals surface area contributed by atoms with Crippen LogP contribution in [0.2, 0.25) is 0 Å². The van der Waals surface area contributed by atoms with Gasteiger partial charge < -0.3 is 5.32 Å². The van der Waals surface area contributed by atoms with Gasteiger partial charge in [0.15, 0.2) is 0 Å². The molecule has 2 fully saturated rings. The van der Waals surface area contributed by atoms with Crippen LogP contribution < -0.4 is 5.32 Å². The smallest absolute Gasteiger partial charge is 0.0348 e. The van der Waals surface area contributed by atoms with E-state index in [1.807, 2.05) is 0 Å². The fourth-order valence-corrected chi connectivity index (χ4v) is 4.00. The summed E-state index contributed by atoms with van der Waals surface area (Å²) in [6, 6.07) is 11.7. The van der Waals surface area contributed by atoms with Crippen molar-refractivity contribution in [2.24, 2.45) is 11.3 Å². The van der Waals surface area contributed by atoms with Crippen molar-refractivity contribution in [2.45, 2.75) is 64.3 Å². The highest BCUT2D eigenvalue weighted by molar-refractivity contribution is 5.20. The zero-order valence-corrected chi connectivity index (χ0v) is 12.9. The van der Waals surface area contributed by atoms with Crippen LogP contribution in [0.15, 0.2) is 30.3 Å². The summed E-state index contributed by atoms with van der Waals surface area (Å²) in [5.41, 5.74) is 2.07. The molecule has 0 bridgehead atoms. The molecule has 1 aromatic carbocycles. The highest BCUT2D eigenvalue weighted by Gasteiger charge is 2.33. The van der Waals surface area contributed by atoms with Crippen LogP contribution in [0.25, 0.3) is 0 Å². The number of hydrogen-bond acceptors (Lipinski definition) is 1. The van der Waals surface area contributed by atoms with E-state index < -0.39 is 0 Å². The van der Waals surface area contributed by atoms with E-state index in [9.17, 15) is 0 Å². The van der Waals surface area contributed by atoms with Gasteiger partial charge in [-0.05, 0) is 42.6 Å². The van der Waals surface area contributed by atoms with Crippen molar-refractivity contribution >= 4 is 0 Å². The molecule has 0 amide bonds. The second kappa shape index (κ2) is 6.30. The maximum Gasteiger partial charge on any atom is 0.0348 e. The van der Waals surface area contributed by atoms with Crippen molar-refractivity contribution in [3.63, 3.8) is 0 Å². The lowest BCUT2D eigenvalue weighted by Crippen LogP contribution is -2.41. The third-order valence-corrected chi connectivity index (χ3v) is 5.59. The first-order chi connectivity index (χ1) is 9.77. The second-order valence-corrected chi connectivity index (χ2v) is 7.33. The van der Waals surface area contributed by atoms with Crippen LogP contribution in [0.4, 0.5) is 0 Å². The molecule has 2 aliphatic carbocycles. The second-order valence-electron chi connectivity index (χ2n) is 7.33. The molecule has 0 radical (unpaired) electrons. The number of rotatable bonds is 5. The summed E-state index contributed by atoms with van der Waals surface area (Å²) in [6.45, 7) is 3.65. The standard InChI is InChI=1S/C19H29N/c1-19(13-8-14-19)15-20-18(16-9-4-2-5-10-16)17-11-6-3-7-12-17/h2,4-5,9-10,17-18,20H,3,6-8,11-15H2,1H3. The van der Waals surface area contributed by atoms with Crippen molar-refractivity contribution in [1.82, 2.24) is 5.32 Å². The lowest BCUT2D eigenvalue weighted by atomic mass is 9.70. The molecule has 0 spiro atoms. The predicted molar refractivity (Wildman–Crippen MR) is 85.7 cm³/mol. The van der Waals surface area contributed by atoms with Gasteiger partial charge in [0, 0.05) is 12.6 Å². The van der Waals surface area contributed by atoms with Crippen molar-refractivity contribution in [3.8, 4) is 0 Å². The lowest BCUT2D eigenvalue weighted by molar-refractivity contribution is 0.138. The Morgan fingerprint density at radius 3 is 2.35 bits per heavy atom. The van der Waals surface area contributed by atoms with Gasteiger partial charge in [-0.1, -0.05) is 62.9 Å². The van der Waals surface area contributed by atoms with Crippen LogP contribution in [0.3, 0.4) is 0 Å². The predicted octanol–water partition coefficient (Wildman–Crippen LogP) is 5.09. The maximum absolute atomic E-state index is 3.95. The Morgan fingerprint density at radius 1 is 1.05 bits per heavy atom. The Labute approximate surface area is 124 Å². The number of nitrogens with one attached hydrogen (secondary N) is 1. The third kappa shape index (κ3) is 3.25. The zero-order chi connectivity index (χ0) is 13.8. The zero-order valence-electron chi connectivity index (χ0n) is 12.9. The summed E-state index contributed by atoms with van der Waals surface area (Å²) in [7, 11) is 0. The summed E-state index contributed by atoms with van der Waals surface area (Å²) in [6.07, 6.45) is 11.3. The molecule has 0 heterocycles. The van der Waals surface area contributed by atoms with E-state index in [0.29, 0.717) is 11.5 Å². The molecule has 0 saturated heterocycles. The molecule has 3 rings (SSSR count). The van der Waals surface area contributed by atoms with E-state index in [4.69, 9.17) is 0 Å². The molecular formula is C19H29N. The van der Waals surface area contributed by atoms with E-state index >= 15 is 0 Å². The molecule has 1 N–H and O–H groups in total. The summed E-state index contributed by atoms with van der Waals surface area (Å²) >= 11 is 0. The first-order valence-electron chi connectivity index (χ1n) is 8.55. The molecule has 1 heteroatoms. The Bertz CT molecular complexity index is 401. The highest BCUT2D eigenvalue weighted by atomic mass is 14.9. The molecule has 0 aliphatic heterocycles. The number of benzene rings is 1. The minimum atomic E-state index is 0.571. The fourth-order valence-electron chi connectivity index (χ4n) is 4.00. The van der Waals surface area contributed by atoms with Gasteiger partial charge in [0.25, 0.3) is 0 Å².